The highest BCUT2D eigenvalue weighted by molar-refractivity contribution is 14.0. The van der Waals surface area contributed by atoms with Crippen LogP contribution < -0.4 is 10.6 Å². The van der Waals surface area contributed by atoms with E-state index in [0.29, 0.717) is 37.3 Å². The van der Waals surface area contributed by atoms with Gasteiger partial charge in [0.05, 0.1) is 12.2 Å². The zero-order chi connectivity index (χ0) is 19.6. The van der Waals surface area contributed by atoms with E-state index in [4.69, 9.17) is 4.52 Å². The number of carbonyl (C=O) groups is 1. The van der Waals surface area contributed by atoms with Gasteiger partial charge < -0.3 is 20.1 Å². The Morgan fingerprint density at radius 1 is 1.39 bits per heavy atom. The second kappa shape index (κ2) is 13.0. The third kappa shape index (κ3) is 7.60. The summed E-state index contributed by atoms with van der Waals surface area (Å²) in [5.41, 5.74) is 1.01. The molecule has 0 radical (unpaired) electrons. The normalized spacial score (nSPS) is 17.4. The summed E-state index contributed by atoms with van der Waals surface area (Å²) in [6, 6.07) is 2.01. The molecule has 1 aromatic heterocycles. The third-order valence-corrected chi connectivity index (χ3v) is 5.28. The van der Waals surface area contributed by atoms with Crippen LogP contribution in [0.2, 0.25) is 0 Å². The van der Waals surface area contributed by atoms with E-state index in [-0.39, 0.29) is 29.9 Å². The second-order valence-electron chi connectivity index (χ2n) is 7.42. The van der Waals surface area contributed by atoms with Crippen molar-refractivity contribution in [2.75, 3.05) is 26.7 Å². The molecule has 0 aromatic carbocycles. The van der Waals surface area contributed by atoms with E-state index >= 15 is 0 Å². The molecule has 1 amide bonds. The first-order chi connectivity index (χ1) is 13.1. The molecule has 2 rings (SSSR count). The van der Waals surface area contributed by atoms with Crippen molar-refractivity contribution in [1.82, 2.24) is 20.7 Å². The van der Waals surface area contributed by atoms with Crippen molar-refractivity contribution in [2.24, 2.45) is 10.9 Å². The largest absolute Gasteiger partial charge is 0.359 e. The lowest BCUT2D eigenvalue weighted by Crippen LogP contribution is -2.42. The van der Waals surface area contributed by atoms with Crippen molar-refractivity contribution >= 4 is 35.8 Å². The van der Waals surface area contributed by atoms with Gasteiger partial charge in [0, 0.05) is 45.1 Å². The van der Waals surface area contributed by atoms with Crippen LogP contribution in [-0.2, 0) is 11.3 Å². The number of aliphatic imine (C=N–C) groups is 1. The Kier molecular flexibility index (Phi) is 11.5. The maximum absolute atomic E-state index is 12.3. The molecule has 0 spiro atoms. The Morgan fingerprint density at radius 3 is 2.79 bits per heavy atom. The number of amides is 1. The number of nitrogens with one attached hydrogen (secondary N) is 2. The van der Waals surface area contributed by atoms with E-state index in [9.17, 15) is 4.79 Å². The van der Waals surface area contributed by atoms with E-state index in [1.807, 2.05) is 11.0 Å². The van der Waals surface area contributed by atoms with Crippen LogP contribution in [0.25, 0.3) is 0 Å². The van der Waals surface area contributed by atoms with Gasteiger partial charge in [-0.2, -0.15) is 0 Å². The topological polar surface area (TPSA) is 82.8 Å². The van der Waals surface area contributed by atoms with Crippen LogP contribution in [0.5, 0.6) is 0 Å². The van der Waals surface area contributed by atoms with Crippen LogP contribution in [-0.4, -0.2) is 48.6 Å². The van der Waals surface area contributed by atoms with Gasteiger partial charge in [0.1, 0.15) is 0 Å². The van der Waals surface area contributed by atoms with Crippen LogP contribution in [0.3, 0.4) is 0 Å². The molecule has 8 heteroatoms. The van der Waals surface area contributed by atoms with Gasteiger partial charge in [-0.15, -0.1) is 24.0 Å². The second-order valence-corrected chi connectivity index (χ2v) is 7.42. The molecule has 2 N–H and O–H groups in total. The fourth-order valence-electron chi connectivity index (χ4n) is 3.56. The highest BCUT2D eigenvalue weighted by Gasteiger charge is 2.20. The zero-order valence-electron chi connectivity index (χ0n) is 17.7. The Bertz CT molecular complexity index is 615. The first-order valence-electron chi connectivity index (χ1n) is 10.2. The lowest BCUT2D eigenvalue weighted by atomic mass is 9.99. The summed E-state index contributed by atoms with van der Waals surface area (Å²) in [6.07, 6.45) is 4.93. The minimum absolute atomic E-state index is 0. The highest BCUT2D eigenvalue weighted by Crippen LogP contribution is 2.22. The van der Waals surface area contributed by atoms with Gasteiger partial charge in [-0.05, 0) is 31.6 Å². The monoisotopic (exact) mass is 505 g/mol. The molecule has 1 atom stereocenters. The van der Waals surface area contributed by atoms with E-state index in [2.05, 4.69) is 41.6 Å². The molecular weight excluding hydrogens is 469 g/mol. The summed E-state index contributed by atoms with van der Waals surface area (Å²) in [5, 5.41) is 10.6. The maximum Gasteiger partial charge on any atom is 0.224 e. The SMILES string of the molecule is CCC(CC)c1cc(CNC(=NC)NCCC(=O)N2CCCC(C)C2)on1.I. The Morgan fingerprint density at radius 2 is 2.14 bits per heavy atom. The number of hydrogen-bond donors (Lipinski definition) is 2. The quantitative estimate of drug-likeness (QED) is 0.321. The summed E-state index contributed by atoms with van der Waals surface area (Å²) in [6.45, 7) is 9.40. The summed E-state index contributed by atoms with van der Waals surface area (Å²) >= 11 is 0. The van der Waals surface area contributed by atoms with E-state index in [1.54, 1.807) is 7.05 Å². The molecule has 1 fully saturated rings. The Hall–Kier alpha value is -1.32. The molecular formula is C20H36IN5O2. The number of piperidine rings is 1. The molecule has 1 unspecified atom stereocenters. The predicted molar refractivity (Wildman–Crippen MR) is 123 cm³/mol. The smallest absolute Gasteiger partial charge is 0.224 e. The minimum atomic E-state index is 0. The zero-order valence-corrected chi connectivity index (χ0v) is 20.0. The van der Waals surface area contributed by atoms with Crippen LogP contribution in [0.4, 0.5) is 0 Å². The van der Waals surface area contributed by atoms with Gasteiger partial charge in [-0.3, -0.25) is 9.79 Å². The number of likely N-dealkylation sites (tertiary alicyclic amines) is 1. The summed E-state index contributed by atoms with van der Waals surface area (Å²) in [4.78, 5) is 18.5. The van der Waals surface area contributed by atoms with Crippen molar-refractivity contribution in [1.29, 1.82) is 0 Å². The highest BCUT2D eigenvalue weighted by atomic mass is 127. The molecule has 2 heterocycles. The molecule has 1 aliphatic heterocycles. The molecule has 0 aliphatic carbocycles. The lowest BCUT2D eigenvalue weighted by molar-refractivity contribution is -0.132. The average Bonchev–Trinajstić information content (AvgIpc) is 3.14. The lowest BCUT2D eigenvalue weighted by Gasteiger charge is -2.31. The molecule has 1 aliphatic rings. The van der Waals surface area contributed by atoms with Crippen molar-refractivity contribution in [3.05, 3.63) is 17.5 Å². The first-order valence-corrected chi connectivity index (χ1v) is 10.2. The Balaban J connectivity index is 0.00000392. The number of nitrogens with zero attached hydrogens (tertiary/aromatic N) is 3. The van der Waals surface area contributed by atoms with E-state index < -0.39 is 0 Å². The fraction of sp³-hybridized carbons (Fsp3) is 0.750. The number of hydrogen-bond acceptors (Lipinski definition) is 4. The van der Waals surface area contributed by atoms with Gasteiger partial charge in [0.15, 0.2) is 11.7 Å². The van der Waals surface area contributed by atoms with E-state index in [1.165, 1.54) is 6.42 Å². The standard InChI is InChI=1S/C20H35N5O2.HI/c1-5-16(6-2)18-12-17(27-24-18)13-23-20(21-4)22-10-9-19(26)25-11-7-8-15(3)14-25;/h12,15-16H,5-11,13-14H2,1-4H3,(H2,21,22,23);1H. The average molecular weight is 505 g/mol. The summed E-state index contributed by atoms with van der Waals surface area (Å²) < 4.78 is 5.42. The van der Waals surface area contributed by atoms with Crippen molar-refractivity contribution < 1.29 is 9.32 Å². The number of carbonyl (C=O) groups excluding carboxylic acids is 1. The minimum Gasteiger partial charge on any atom is -0.359 e. The maximum atomic E-state index is 12.3. The van der Waals surface area contributed by atoms with Gasteiger partial charge in [0.2, 0.25) is 5.91 Å². The molecule has 1 aromatic rings. The van der Waals surface area contributed by atoms with Crippen molar-refractivity contribution in [3.63, 3.8) is 0 Å². The molecule has 7 nitrogen and oxygen atoms in total. The molecule has 0 saturated carbocycles. The number of halogens is 1. The first kappa shape index (κ1) is 24.7. The van der Waals surface area contributed by atoms with Gasteiger partial charge >= 0.3 is 0 Å². The number of rotatable bonds is 8. The summed E-state index contributed by atoms with van der Waals surface area (Å²) in [5.74, 6) is 2.73. The molecule has 28 heavy (non-hydrogen) atoms. The van der Waals surface area contributed by atoms with Crippen molar-refractivity contribution in [2.45, 2.75) is 65.3 Å². The van der Waals surface area contributed by atoms with Gasteiger partial charge in [0.25, 0.3) is 0 Å². The Labute approximate surface area is 186 Å². The van der Waals surface area contributed by atoms with Crippen molar-refractivity contribution in [3.8, 4) is 0 Å². The number of aromatic nitrogens is 1. The van der Waals surface area contributed by atoms with Crippen LogP contribution in [0.15, 0.2) is 15.6 Å². The number of guanidine groups is 1. The van der Waals surface area contributed by atoms with E-state index in [0.717, 1.165) is 43.8 Å². The van der Waals surface area contributed by atoms with Gasteiger partial charge in [-0.1, -0.05) is 25.9 Å². The molecule has 160 valence electrons. The van der Waals surface area contributed by atoms with Crippen LogP contribution in [0.1, 0.15) is 70.2 Å². The fourth-order valence-corrected chi connectivity index (χ4v) is 3.56. The van der Waals surface area contributed by atoms with Crippen LogP contribution in [0, 0.1) is 5.92 Å². The summed E-state index contributed by atoms with van der Waals surface area (Å²) in [7, 11) is 1.72. The molecule has 1 saturated heterocycles. The molecule has 0 bridgehead atoms. The predicted octanol–water partition coefficient (Wildman–Crippen LogP) is 3.51. The third-order valence-electron chi connectivity index (χ3n) is 5.28. The van der Waals surface area contributed by atoms with Crippen LogP contribution >= 0.6 is 24.0 Å². The van der Waals surface area contributed by atoms with Gasteiger partial charge in [-0.25, -0.2) is 0 Å².